The minimum absolute atomic E-state index is 0.0760. The van der Waals surface area contributed by atoms with E-state index in [9.17, 15) is 0 Å². The van der Waals surface area contributed by atoms with E-state index < -0.39 is 0 Å². The molecule has 2 aromatic rings. The van der Waals surface area contributed by atoms with Gasteiger partial charge in [0.25, 0.3) is 0 Å². The molecule has 0 aliphatic rings. The van der Waals surface area contributed by atoms with Crippen LogP contribution in [0.25, 0.3) is 0 Å². The molecule has 0 aliphatic carbocycles. The molecule has 0 fully saturated rings. The Morgan fingerprint density at radius 1 is 1.10 bits per heavy atom. The van der Waals surface area contributed by atoms with Gasteiger partial charge in [0.05, 0.1) is 0 Å². The number of benzene rings is 1. The molecular weight excluding hydrogens is 318 g/mol. The van der Waals surface area contributed by atoms with Crippen molar-refractivity contribution in [3.8, 4) is 11.8 Å². The molecule has 1 heterocycles. The summed E-state index contributed by atoms with van der Waals surface area (Å²) in [6, 6.07) is 7.91. The van der Waals surface area contributed by atoms with Crippen molar-refractivity contribution in [2.45, 2.75) is 32.9 Å². The van der Waals surface area contributed by atoms with Gasteiger partial charge in [-0.15, -0.1) is 0 Å². The lowest BCUT2D eigenvalue weighted by molar-refractivity contribution is 0.420. The molecule has 4 nitrogen and oxygen atoms in total. The zero-order valence-corrected chi connectivity index (χ0v) is 13.4. The van der Waals surface area contributed by atoms with Gasteiger partial charge in [0.1, 0.15) is 5.75 Å². The fraction of sp³-hybridized carbons (Fsp3) is 0.333. The molecule has 20 heavy (non-hydrogen) atoms. The van der Waals surface area contributed by atoms with E-state index in [1.165, 1.54) is 0 Å². The molecule has 0 bridgehead atoms. The van der Waals surface area contributed by atoms with Crippen LogP contribution in [-0.4, -0.2) is 15.5 Å². The predicted octanol–water partition coefficient (Wildman–Crippen LogP) is 3.92. The summed E-state index contributed by atoms with van der Waals surface area (Å²) in [6.45, 7) is 7.11. The van der Waals surface area contributed by atoms with Crippen molar-refractivity contribution in [1.82, 2.24) is 15.3 Å². The number of ether oxygens (including phenoxy) is 1. The van der Waals surface area contributed by atoms with Crippen molar-refractivity contribution in [3.05, 3.63) is 46.7 Å². The fourth-order valence-electron chi connectivity index (χ4n) is 1.46. The number of hydrogen-bond donors (Lipinski definition) is 1. The molecule has 1 N–H and O–H groups in total. The average molecular weight is 336 g/mol. The highest BCUT2D eigenvalue weighted by molar-refractivity contribution is 9.10. The molecular formula is C15H18BrN3O. The van der Waals surface area contributed by atoms with Gasteiger partial charge in [0.15, 0.2) is 0 Å². The second-order valence-electron chi connectivity index (χ2n) is 5.53. The fourth-order valence-corrected chi connectivity index (χ4v) is 1.73. The van der Waals surface area contributed by atoms with E-state index in [2.05, 4.69) is 52.0 Å². The van der Waals surface area contributed by atoms with Crippen molar-refractivity contribution >= 4 is 15.9 Å². The standard InChI is InChI=1S/C15H18BrN3O/c1-15(2,3)19-10-11-8-17-14(18-9-11)20-13-6-4-12(16)5-7-13/h4-9,19H,10H2,1-3H3. The molecule has 0 aliphatic heterocycles. The zero-order valence-electron chi connectivity index (χ0n) is 11.9. The van der Waals surface area contributed by atoms with Crippen LogP contribution in [0.3, 0.4) is 0 Å². The van der Waals surface area contributed by atoms with Gasteiger partial charge in [-0.2, -0.15) is 0 Å². The van der Waals surface area contributed by atoms with Gasteiger partial charge in [0, 0.05) is 34.5 Å². The first-order chi connectivity index (χ1) is 9.42. The maximum Gasteiger partial charge on any atom is 0.321 e. The molecule has 0 unspecified atom stereocenters. The molecule has 0 saturated heterocycles. The van der Waals surface area contributed by atoms with Gasteiger partial charge in [-0.1, -0.05) is 15.9 Å². The van der Waals surface area contributed by atoms with Crippen LogP contribution in [0.15, 0.2) is 41.1 Å². The number of aromatic nitrogens is 2. The van der Waals surface area contributed by atoms with Crippen LogP contribution >= 0.6 is 15.9 Å². The minimum atomic E-state index is 0.0760. The molecule has 2 rings (SSSR count). The Balaban J connectivity index is 1.96. The summed E-state index contributed by atoms with van der Waals surface area (Å²) in [4.78, 5) is 8.42. The van der Waals surface area contributed by atoms with Gasteiger partial charge < -0.3 is 10.1 Å². The highest BCUT2D eigenvalue weighted by Gasteiger charge is 2.09. The smallest absolute Gasteiger partial charge is 0.321 e. The average Bonchev–Trinajstić information content (AvgIpc) is 2.40. The van der Waals surface area contributed by atoms with E-state index in [4.69, 9.17) is 4.74 Å². The van der Waals surface area contributed by atoms with E-state index in [1.807, 2.05) is 24.3 Å². The monoisotopic (exact) mass is 335 g/mol. The SMILES string of the molecule is CC(C)(C)NCc1cnc(Oc2ccc(Br)cc2)nc1. The lowest BCUT2D eigenvalue weighted by Gasteiger charge is -2.20. The van der Waals surface area contributed by atoms with Gasteiger partial charge in [-0.3, -0.25) is 0 Å². The van der Waals surface area contributed by atoms with Crippen molar-refractivity contribution in [1.29, 1.82) is 0 Å². The molecule has 0 saturated carbocycles. The van der Waals surface area contributed by atoms with E-state index >= 15 is 0 Å². The third-order valence-corrected chi connectivity index (χ3v) is 3.06. The quantitative estimate of drug-likeness (QED) is 0.919. The zero-order chi connectivity index (χ0) is 14.6. The molecule has 0 atom stereocenters. The third kappa shape index (κ3) is 4.90. The number of nitrogens with one attached hydrogen (secondary N) is 1. The van der Waals surface area contributed by atoms with E-state index in [-0.39, 0.29) is 5.54 Å². The van der Waals surface area contributed by atoms with Crippen LogP contribution in [0, 0.1) is 0 Å². The first kappa shape index (κ1) is 14.9. The lowest BCUT2D eigenvalue weighted by atomic mass is 10.1. The summed E-state index contributed by atoms with van der Waals surface area (Å²) in [7, 11) is 0. The van der Waals surface area contributed by atoms with E-state index in [1.54, 1.807) is 12.4 Å². The molecule has 0 amide bonds. The van der Waals surface area contributed by atoms with E-state index in [0.717, 1.165) is 16.6 Å². The lowest BCUT2D eigenvalue weighted by Crippen LogP contribution is -2.35. The molecule has 1 aromatic carbocycles. The summed E-state index contributed by atoms with van der Waals surface area (Å²) >= 11 is 3.38. The van der Waals surface area contributed by atoms with Crippen molar-refractivity contribution in [2.75, 3.05) is 0 Å². The van der Waals surface area contributed by atoms with Gasteiger partial charge in [-0.25, -0.2) is 9.97 Å². The van der Waals surface area contributed by atoms with Crippen LogP contribution in [0.5, 0.6) is 11.8 Å². The first-order valence-corrected chi connectivity index (χ1v) is 7.21. The Hall–Kier alpha value is -1.46. The Morgan fingerprint density at radius 3 is 2.25 bits per heavy atom. The highest BCUT2D eigenvalue weighted by Crippen LogP contribution is 2.20. The van der Waals surface area contributed by atoms with Gasteiger partial charge in [-0.05, 0) is 45.0 Å². The summed E-state index contributed by atoms with van der Waals surface area (Å²) in [5, 5.41) is 3.39. The first-order valence-electron chi connectivity index (χ1n) is 6.42. The molecule has 106 valence electrons. The number of halogens is 1. The summed E-state index contributed by atoms with van der Waals surface area (Å²) in [5.41, 5.74) is 1.11. The Labute approximate surface area is 127 Å². The molecule has 0 spiro atoms. The Bertz CT molecular complexity index is 547. The number of hydrogen-bond acceptors (Lipinski definition) is 4. The minimum Gasteiger partial charge on any atom is -0.424 e. The van der Waals surface area contributed by atoms with Crippen LogP contribution < -0.4 is 10.1 Å². The van der Waals surface area contributed by atoms with Crippen molar-refractivity contribution in [3.63, 3.8) is 0 Å². The third-order valence-electron chi connectivity index (χ3n) is 2.53. The summed E-state index contributed by atoms with van der Waals surface area (Å²) < 4.78 is 6.58. The second-order valence-corrected chi connectivity index (χ2v) is 6.45. The second kappa shape index (κ2) is 6.33. The largest absolute Gasteiger partial charge is 0.424 e. The molecule has 0 radical (unpaired) electrons. The number of nitrogens with zero attached hydrogens (tertiary/aromatic N) is 2. The molecule has 1 aromatic heterocycles. The van der Waals surface area contributed by atoms with Gasteiger partial charge >= 0.3 is 6.01 Å². The Kier molecular flexibility index (Phi) is 4.73. The molecule has 5 heteroatoms. The van der Waals surface area contributed by atoms with Crippen LogP contribution in [0.2, 0.25) is 0 Å². The maximum absolute atomic E-state index is 5.57. The number of rotatable bonds is 4. The normalized spacial score (nSPS) is 11.4. The summed E-state index contributed by atoms with van der Waals surface area (Å²) in [5.74, 6) is 0.716. The topological polar surface area (TPSA) is 47.0 Å². The van der Waals surface area contributed by atoms with Crippen LogP contribution in [0.4, 0.5) is 0 Å². The van der Waals surface area contributed by atoms with Crippen LogP contribution in [-0.2, 0) is 6.54 Å². The van der Waals surface area contributed by atoms with Crippen molar-refractivity contribution in [2.24, 2.45) is 0 Å². The highest BCUT2D eigenvalue weighted by atomic mass is 79.9. The maximum atomic E-state index is 5.57. The predicted molar refractivity (Wildman–Crippen MR) is 82.8 cm³/mol. The summed E-state index contributed by atoms with van der Waals surface area (Å²) in [6.07, 6.45) is 3.56. The van der Waals surface area contributed by atoms with E-state index in [0.29, 0.717) is 11.8 Å². The van der Waals surface area contributed by atoms with Gasteiger partial charge in [0.2, 0.25) is 0 Å². The van der Waals surface area contributed by atoms with Crippen LogP contribution in [0.1, 0.15) is 26.3 Å². The van der Waals surface area contributed by atoms with Crippen molar-refractivity contribution < 1.29 is 4.74 Å². The Morgan fingerprint density at radius 2 is 1.70 bits per heavy atom.